The Labute approximate surface area is 105 Å². The SMILES string of the molecule is Cc1nc(COc2ccccc2)nc(Cl)c1C. The summed E-state index contributed by atoms with van der Waals surface area (Å²) in [5.74, 6) is 1.40. The summed E-state index contributed by atoms with van der Waals surface area (Å²) in [6, 6.07) is 9.56. The van der Waals surface area contributed by atoms with Crippen LogP contribution in [0.5, 0.6) is 5.75 Å². The second-order valence-corrected chi connectivity index (χ2v) is 4.10. The molecule has 3 nitrogen and oxygen atoms in total. The van der Waals surface area contributed by atoms with Gasteiger partial charge in [0.1, 0.15) is 17.5 Å². The van der Waals surface area contributed by atoms with Crippen LogP contribution in [0.3, 0.4) is 0 Å². The molecule has 0 spiro atoms. The van der Waals surface area contributed by atoms with Crippen molar-refractivity contribution in [2.24, 2.45) is 0 Å². The van der Waals surface area contributed by atoms with Gasteiger partial charge < -0.3 is 4.74 Å². The molecule has 0 amide bonds. The molecular weight excluding hydrogens is 236 g/mol. The van der Waals surface area contributed by atoms with Gasteiger partial charge in [0.15, 0.2) is 5.82 Å². The van der Waals surface area contributed by atoms with Gasteiger partial charge in [-0.15, -0.1) is 0 Å². The smallest absolute Gasteiger partial charge is 0.167 e. The van der Waals surface area contributed by atoms with Gasteiger partial charge >= 0.3 is 0 Å². The molecule has 0 saturated carbocycles. The molecule has 1 aromatic heterocycles. The predicted molar refractivity (Wildman–Crippen MR) is 67.3 cm³/mol. The van der Waals surface area contributed by atoms with Gasteiger partial charge in [-0.1, -0.05) is 29.8 Å². The lowest BCUT2D eigenvalue weighted by Gasteiger charge is -2.07. The summed E-state index contributed by atoms with van der Waals surface area (Å²) in [5, 5.41) is 0.490. The number of rotatable bonds is 3. The number of para-hydroxylation sites is 1. The summed E-state index contributed by atoms with van der Waals surface area (Å²) in [6.45, 7) is 4.14. The third-order valence-corrected chi connectivity index (χ3v) is 2.86. The fourth-order valence-electron chi connectivity index (χ4n) is 1.38. The van der Waals surface area contributed by atoms with Gasteiger partial charge in [0.05, 0.1) is 0 Å². The Hall–Kier alpha value is -1.61. The van der Waals surface area contributed by atoms with E-state index in [1.807, 2.05) is 44.2 Å². The van der Waals surface area contributed by atoms with E-state index in [9.17, 15) is 0 Å². The maximum absolute atomic E-state index is 5.99. The zero-order valence-electron chi connectivity index (χ0n) is 9.77. The number of nitrogens with zero attached hydrogens (tertiary/aromatic N) is 2. The maximum atomic E-state index is 5.99. The molecule has 4 heteroatoms. The third-order valence-electron chi connectivity index (χ3n) is 2.49. The van der Waals surface area contributed by atoms with Gasteiger partial charge in [-0.25, -0.2) is 9.97 Å². The lowest BCUT2D eigenvalue weighted by molar-refractivity contribution is 0.295. The van der Waals surface area contributed by atoms with Crippen molar-refractivity contribution in [2.45, 2.75) is 20.5 Å². The number of hydrogen-bond donors (Lipinski definition) is 0. The van der Waals surface area contributed by atoms with Crippen LogP contribution >= 0.6 is 11.6 Å². The van der Waals surface area contributed by atoms with Crippen molar-refractivity contribution in [3.63, 3.8) is 0 Å². The van der Waals surface area contributed by atoms with Gasteiger partial charge in [-0.2, -0.15) is 0 Å². The molecule has 17 heavy (non-hydrogen) atoms. The second kappa shape index (κ2) is 5.15. The minimum atomic E-state index is 0.324. The zero-order chi connectivity index (χ0) is 12.3. The van der Waals surface area contributed by atoms with E-state index in [1.165, 1.54) is 0 Å². The van der Waals surface area contributed by atoms with E-state index in [1.54, 1.807) is 0 Å². The number of aromatic nitrogens is 2. The summed E-state index contributed by atoms with van der Waals surface area (Å²) in [7, 11) is 0. The Bertz CT molecular complexity index is 491. The van der Waals surface area contributed by atoms with Crippen LogP contribution in [0.1, 0.15) is 17.1 Å². The normalized spacial score (nSPS) is 10.3. The summed E-state index contributed by atoms with van der Waals surface area (Å²) in [5.41, 5.74) is 1.80. The number of hydrogen-bond acceptors (Lipinski definition) is 3. The van der Waals surface area contributed by atoms with Crippen molar-refractivity contribution in [3.05, 3.63) is 52.6 Å². The Balaban J connectivity index is 2.10. The van der Waals surface area contributed by atoms with Gasteiger partial charge in [-0.3, -0.25) is 0 Å². The average Bonchev–Trinajstić information content (AvgIpc) is 2.34. The van der Waals surface area contributed by atoms with Crippen molar-refractivity contribution < 1.29 is 4.74 Å². The Morgan fingerprint density at radius 1 is 1.12 bits per heavy atom. The van der Waals surface area contributed by atoms with Crippen molar-refractivity contribution in [2.75, 3.05) is 0 Å². The predicted octanol–water partition coefficient (Wildman–Crippen LogP) is 3.33. The average molecular weight is 249 g/mol. The molecule has 0 fully saturated rings. The molecule has 0 aliphatic rings. The zero-order valence-corrected chi connectivity index (χ0v) is 10.5. The van der Waals surface area contributed by atoms with Crippen LogP contribution < -0.4 is 4.74 Å². The first-order valence-corrected chi connectivity index (χ1v) is 5.72. The highest BCUT2D eigenvalue weighted by atomic mass is 35.5. The molecule has 88 valence electrons. The summed E-state index contributed by atoms with van der Waals surface area (Å²) < 4.78 is 5.56. The molecule has 0 aliphatic carbocycles. The van der Waals surface area contributed by atoms with Gasteiger partial charge in [0.25, 0.3) is 0 Å². The molecule has 1 heterocycles. The van der Waals surface area contributed by atoms with E-state index < -0.39 is 0 Å². The first-order valence-electron chi connectivity index (χ1n) is 5.34. The van der Waals surface area contributed by atoms with Crippen LogP contribution in [0, 0.1) is 13.8 Å². The largest absolute Gasteiger partial charge is 0.486 e. The van der Waals surface area contributed by atoms with Crippen LogP contribution in [0.15, 0.2) is 30.3 Å². The van der Waals surface area contributed by atoms with E-state index in [0.717, 1.165) is 17.0 Å². The molecule has 1 aromatic carbocycles. The van der Waals surface area contributed by atoms with Crippen LogP contribution in [0.25, 0.3) is 0 Å². The van der Waals surface area contributed by atoms with Crippen molar-refractivity contribution in [1.29, 1.82) is 0 Å². The number of halogens is 1. The van der Waals surface area contributed by atoms with E-state index >= 15 is 0 Å². The maximum Gasteiger partial charge on any atom is 0.167 e. The highest BCUT2D eigenvalue weighted by Crippen LogP contribution is 2.16. The second-order valence-electron chi connectivity index (χ2n) is 3.74. The summed E-state index contributed by atoms with van der Waals surface area (Å²) in [6.07, 6.45) is 0. The quantitative estimate of drug-likeness (QED) is 0.782. The standard InChI is InChI=1S/C13H13ClN2O/c1-9-10(2)15-12(16-13(9)14)8-17-11-6-4-3-5-7-11/h3-7H,8H2,1-2H3. The van der Waals surface area contributed by atoms with E-state index in [-0.39, 0.29) is 0 Å². The number of benzene rings is 1. The van der Waals surface area contributed by atoms with E-state index in [2.05, 4.69) is 9.97 Å². The topological polar surface area (TPSA) is 35.0 Å². The van der Waals surface area contributed by atoms with Crippen molar-refractivity contribution in [1.82, 2.24) is 9.97 Å². The highest BCUT2D eigenvalue weighted by molar-refractivity contribution is 6.30. The van der Waals surface area contributed by atoms with Crippen molar-refractivity contribution >= 4 is 11.6 Å². The Morgan fingerprint density at radius 2 is 1.82 bits per heavy atom. The molecule has 2 rings (SSSR count). The summed E-state index contributed by atoms with van der Waals surface area (Å²) in [4.78, 5) is 8.51. The summed E-state index contributed by atoms with van der Waals surface area (Å²) >= 11 is 5.99. The molecule has 2 aromatic rings. The molecule has 0 saturated heterocycles. The fraction of sp³-hybridized carbons (Fsp3) is 0.231. The van der Waals surface area contributed by atoms with Crippen LogP contribution in [-0.4, -0.2) is 9.97 Å². The molecule has 0 bridgehead atoms. The van der Waals surface area contributed by atoms with Crippen molar-refractivity contribution in [3.8, 4) is 5.75 Å². The third kappa shape index (κ3) is 2.94. The van der Waals surface area contributed by atoms with Crippen LogP contribution in [0.2, 0.25) is 5.15 Å². The lowest BCUT2D eigenvalue weighted by Crippen LogP contribution is -2.04. The van der Waals surface area contributed by atoms with Crippen LogP contribution in [0.4, 0.5) is 0 Å². The number of aryl methyl sites for hydroxylation is 1. The van der Waals surface area contributed by atoms with Gasteiger partial charge in [-0.05, 0) is 26.0 Å². The van der Waals surface area contributed by atoms with E-state index in [4.69, 9.17) is 16.3 Å². The Kier molecular flexibility index (Phi) is 3.59. The molecule has 0 N–H and O–H groups in total. The highest BCUT2D eigenvalue weighted by Gasteiger charge is 2.06. The first-order chi connectivity index (χ1) is 8.16. The Morgan fingerprint density at radius 3 is 2.47 bits per heavy atom. The molecule has 0 aliphatic heterocycles. The molecule has 0 unspecified atom stereocenters. The first kappa shape index (κ1) is 11.9. The van der Waals surface area contributed by atoms with Crippen LogP contribution in [-0.2, 0) is 6.61 Å². The molecule has 0 radical (unpaired) electrons. The lowest BCUT2D eigenvalue weighted by atomic mass is 10.3. The van der Waals surface area contributed by atoms with E-state index in [0.29, 0.717) is 17.6 Å². The van der Waals surface area contributed by atoms with Gasteiger partial charge in [0.2, 0.25) is 0 Å². The minimum Gasteiger partial charge on any atom is -0.486 e. The minimum absolute atomic E-state index is 0.324. The monoisotopic (exact) mass is 248 g/mol. The molecular formula is C13H13ClN2O. The fourth-order valence-corrected chi connectivity index (χ4v) is 1.61. The number of ether oxygens (including phenoxy) is 1. The van der Waals surface area contributed by atoms with Gasteiger partial charge in [0, 0.05) is 11.3 Å². The molecule has 0 atom stereocenters.